The van der Waals surface area contributed by atoms with Crippen LogP contribution in [0.5, 0.6) is 0 Å². The summed E-state index contributed by atoms with van der Waals surface area (Å²) in [4.78, 5) is 0. The van der Waals surface area contributed by atoms with Gasteiger partial charge in [0.2, 0.25) is 0 Å². The van der Waals surface area contributed by atoms with E-state index in [2.05, 4.69) is 4.74 Å². The number of rotatable bonds is 0. The van der Waals surface area contributed by atoms with Gasteiger partial charge in [0.05, 0.1) is 0 Å². The molecule has 1 rings (SSSR count). The van der Waals surface area contributed by atoms with Gasteiger partial charge in [0.1, 0.15) is 11.9 Å². The van der Waals surface area contributed by atoms with Gasteiger partial charge in [0.25, 0.3) is 0 Å². The topological polar surface area (TPSA) is 9.23 Å². The minimum atomic E-state index is -5.47. The molecule has 1 aliphatic rings. The van der Waals surface area contributed by atoms with Gasteiger partial charge in [0, 0.05) is 5.57 Å². The largest absolute Gasteiger partial charge is 0.485 e. The smallest absolute Gasteiger partial charge is 0.424 e. The maximum Gasteiger partial charge on any atom is 0.424 e. The van der Waals surface area contributed by atoms with E-state index in [-0.39, 0.29) is 5.57 Å². The van der Waals surface area contributed by atoms with Crippen molar-refractivity contribution in [3.63, 3.8) is 0 Å². The highest BCUT2D eigenvalue weighted by Crippen LogP contribution is 2.46. The number of ether oxygens (including phenoxy) is 1. The van der Waals surface area contributed by atoms with Gasteiger partial charge in [-0.15, -0.1) is 0 Å². The molecule has 0 aromatic heterocycles. The van der Waals surface area contributed by atoms with Crippen LogP contribution in [-0.4, -0.2) is 18.5 Å². The molecule has 1 atom stereocenters. The molecule has 0 spiro atoms. The van der Waals surface area contributed by atoms with Crippen LogP contribution >= 0.6 is 0 Å². The van der Waals surface area contributed by atoms with Crippen LogP contribution in [0.1, 0.15) is 13.8 Å². The van der Waals surface area contributed by atoms with Crippen molar-refractivity contribution < 1.29 is 31.1 Å². The summed E-state index contributed by atoms with van der Waals surface area (Å²) < 4.78 is 77.9. The van der Waals surface area contributed by atoms with Crippen LogP contribution in [-0.2, 0) is 4.74 Å². The monoisotopic (exact) mass is 246 g/mol. The quantitative estimate of drug-likeness (QED) is 0.592. The zero-order chi connectivity index (χ0) is 12.7. The minimum absolute atomic E-state index is 0.0790. The number of halogens is 6. The highest BCUT2D eigenvalue weighted by molar-refractivity contribution is 5.43. The van der Waals surface area contributed by atoms with Gasteiger partial charge < -0.3 is 4.74 Å². The third-order valence-corrected chi connectivity index (χ3v) is 2.10. The van der Waals surface area contributed by atoms with E-state index in [9.17, 15) is 26.3 Å². The molecule has 0 bridgehead atoms. The molecule has 0 saturated carbocycles. The molecule has 0 aromatic carbocycles. The second kappa shape index (κ2) is 3.71. The first-order valence-electron chi connectivity index (χ1n) is 4.31. The molecule has 1 unspecified atom stereocenters. The minimum Gasteiger partial charge on any atom is -0.485 e. The van der Waals surface area contributed by atoms with Gasteiger partial charge in [-0.2, -0.15) is 26.3 Å². The summed E-state index contributed by atoms with van der Waals surface area (Å²) in [5.74, 6) is -1.12. The Hall–Kier alpha value is -1.14. The van der Waals surface area contributed by atoms with Crippen molar-refractivity contribution in [1.29, 1.82) is 0 Å². The summed E-state index contributed by atoms with van der Waals surface area (Å²) >= 11 is 0. The van der Waals surface area contributed by atoms with Crippen LogP contribution in [0.4, 0.5) is 26.3 Å². The molecule has 1 heterocycles. The molecule has 0 aromatic rings. The molecular formula is C9H8F6O. The van der Waals surface area contributed by atoms with E-state index in [0.717, 1.165) is 0 Å². The Morgan fingerprint density at radius 3 is 1.81 bits per heavy atom. The molecule has 0 N–H and O–H groups in total. The molecule has 1 fully saturated rings. The summed E-state index contributed by atoms with van der Waals surface area (Å²) in [6.45, 7) is 2.74. The second-order valence-electron chi connectivity index (χ2n) is 3.20. The first-order valence-corrected chi connectivity index (χ1v) is 4.31. The van der Waals surface area contributed by atoms with E-state index in [0.29, 0.717) is 0 Å². The summed E-state index contributed by atoms with van der Waals surface area (Å²) in [7, 11) is 0. The predicted octanol–water partition coefficient (Wildman–Crippen LogP) is 3.73. The maximum absolute atomic E-state index is 12.2. The summed E-state index contributed by atoms with van der Waals surface area (Å²) in [6.07, 6.45) is -10.5. The molecule has 7 heteroatoms. The first-order chi connectivity index (χ1) is 7.09. The van der Waals surface area contributed by atoms with Crippen molar-refractivity contribution in [2.75, 3.05) is 0 Å². The van der Waals surface area contributed by atoms with Gasteiger partial charge >= 0.3 is 12.4 Å². The predicted molar refractivity (Wildman–Crippen MR) is 43.4 cm³/mol. The van der Waals surface area contributed by atoms with Crippen LogP contribution in [0.15, 0.2) is 23.0 Å². The Kier molecular flexibility index (Phi) is 3.00. The fourth-order valence-corrected chi connectivity index (χ4v) is 1.42. The van der Waals surface area contributed by atoms with Gasteiger partial charge in [0.15, 0.2) is 5.57 Å². The lowest BCUT2D eigenvalue weighted by molar-refractivity contribution is -0.178. The number of hydrogen-bond acceptors (Lipinski definition) is 1. The Bertz CT molecular complexity index is 330. The lowest BCUT2D eigenvalue weighted by Gasteiger charge is -2.34. The molecule has 1 aliphatic heterocycles. The zero-order valence-corrected chi connectivity index (χ0v) is 8.33. The Morgan fingerprint density at radius 2 is 1.56 bits per heavy atom. The van der Waals surface area contributed by atoms with Crippen LogP contribution in [0.3, 0.4) is 0 Å². The Balaban J connectivity index is 3.29. The summed E-state index contributed by atoms with van der Waals surface area (Å²) in [5, 5.41) is 0. The SMILES string of the molecule is C/C=C1\C(=C(C(F)(F)F)C(F)(F)F)OC1C. The molecule has 0 amide bonds. The van der Waals surface area contributed by atoms with Gasteiger partial charge in [-0.05, 0) is 13.8 Å². The lowest BCUT2D eigenvalue weighted by Crippen LogP contribution is -2.36. The number of allylic oxidation sites excluding steroid dienone is 2. The molecule has 92 valence electrons. The van der Waals surface area contributed by atoms with Crippen molar-refractivity contribution in [3.8, 4) is 0 Å². The lowest BCUT2D eigenvalue weighted by atomic mass is 9.98. The average molecular weight is 246 g/mol. The molecule has 1 saturated heterocycles. The third kappa shape index (κ3) is 2.17. The van der Waals surface area contributed by atoms with E-state index in [1.54, 1.807) is 0 Å². The highest BCUT2D eigenvalue weighted by Gasteiger charge is 2.56. The van der Waals surface area contributed by atoms with Gasteiger partial charge in [-0.1, -0.05) is 6.08 Å². The first kappa shape index (κ1) is 12.9. The summed E-state index contributed by atoms with van der Waals surface area (Å²) in [6, 6.07) is 0. The van der Waals surface area contributed by atoms with Crippen molar-refractivity contribution in [2.24, 2.45) is 0 Å². The van der Waals surface area contributed by atoms with E-state index in [4.69, 9.17) is 0 Å². The Labute approximate surface area is 87.4 Å². The van der Waals surface area contributed by atoms with Crippen molar-refractivity contribution in [3.05, 3.63) is 23.0 Å². The van der Waals surface area contributed by atoms with Crippen LogP contribution in [0.2, 0.25) is 0 Å². The maximum atomic E-state index is 12.2. The van der Waals surface area contributed by atoms with Crippen LogP contribution in [0, 0.1) is 0 Å². The third-order valence-electron chi connectivity index (χ3n) is 2.10. The van der Waals surface area contributed by atoms with E-state index in [1.165, 1.54) is 19.9 Å². The van der Waals surface area contributed by atoms with Gasteiger partial charge in [-0.25, -0.2) is 0 Å². The van der Waals surface area contributed by atoms with E-state index >= 15 is 0 Å². The molecule has 16 heavy (non-hydrogen) atoms. The van der Waals surface area contributed by atoms with E-state index in [1.807, 2.05) is 0 Å². The molecule has 1 nitrogen and oxygen atoms in total. The number of alkyl halides is 6. The number of hydrogen-bond donors (Lipinski definition) is 0. The van der Waals surface area contributed by atoms with E-state index < -0.39 is 29.8 Å². The van der Waals surface area contributed by atoms with Crippen molar-refractivity contribution in [1.82, 2.24) is 0 Å². The van der Waals surface area contributed by atoms with Crippen molar-refractivity contribution in [2.45, 2.75) is 32.3 Å². The average Bonchev–Trinajstić information content (AvgIpc) is 1.98. The fourth-order valence-electron chi connectivity index (χ4n) is 1.42. The normalized spacial score (nSPS) is 24.1. The van der Waals surface area contributed by atoms with Crippen molar-refractivity contribution >= 4 is 0 Å². The van der Waals surface area contributed by atoms with Gasteiger partial charge in [-0.3, -0.25) is 0 Å². The Morgan fingerprint density at radius 1 is 1.12 bits per heavy atom. The molecule has 0 aliphatic carbocycles. The van der Waals surface area contributed by atoms with Crippen LogP contribution < -0.4 is 0 Å². The second-order valence-corrected chi connectivity index (χ2v) is 3.20. The zero-order valence-electron chi connectivity index (χ0n) is 8.33. The molecular weight excluding hydrogens is 238 g/mol. The molecule has 0 radical (unpaired) electrons. The highest BCUT2D eigenvalue weighted by atomic mass is 19.4. The van der Waals surface area contributed by atoms with Crippen LogP contribution in [0.25, 0.3) is 0 Å². The summed E-state index contributed by atoms with van der Waals surface area (Å²) in [5.41, 5.74) is -2.66. The standard InChI is InChI=1S/C9H8F6O/c1-3-5-4(2)16-6(5)7(8(10,11)12)9(13,14)15/h3-4H,1-2H3/b5-3-. The fraction of sp³-hybridized carbons (Fsp3) is 0.556.